The van der Waals surface area contributed by atoms with Crippen LogP contribution in [0.3, 0.4) is 0 Å². The average Bonchev–Trinajstić information content (AvgIpc) is 2.50. The summed E-state index contributed by atoms with van der Waals surface area (Å²) in [6, 6.07) is 10.4. The summed E-state index contributed by atoms with van der Waals surface area (Å²) < 4.78 is 32.2. The second-order valence-electron chi connectivity index (χ2n) is 4.85. The number of carbonyl (C=O) groups is 1. The molecular weight excluding hydrogens is 356 g/mol. The molecule has 0 bridgehead atoms. The zero-order valence-corrected chi connectivity index (χ0v) is 13.4. The fourth-order valence-electron chi connectivity index (χ4n) is 2.23. The predicted octanol–water partition coefficient (Wildman–Crippen LogP) is 3.30. The predicted molar refractivity (Wildman–Crippen MR) is 82.1 cm³/mol. The number of nitrogens with two attached hydrogens (primary N) is 1. The topological polar surface area (TPSA) is 52.3 Å². The van der Waals surface area contributed by atoms with Gasteiger partial charge in [0.15, 0.2) is 0 Å². The number of rotatable bonds is 4. The molecule has 0 saturated heterocycles. The fourth-order valence-corrected chi connectivity index (χ4v) is 2.78. The molecule has 0 amide bonds. The van der Waals surface area contributed by atoms with Crippen molar-refractivity contribution in [2.24, 2.45) is 5.73 Å². The van der Waals surface area contributed by atoms with Crippen molar-refractivity contribution in [1.82, 2.24) is 0 Å². The first kappa shape index (κ1) is 16.6. The van der Waals surface area contributed by atoms with Gasteiger partial charge in [0, 0.05) is 22.5 Å². The lowest BCUT2D eigenvalue weighted by Crippen LogP contribution is -2.48. The Morgan fingerprint density at radius 1 is 1.27 bits per heavy atom. The van der Waals surface area contributed by atoms with Gasteiger partial charge in [0.25, 0.3) is 0 Å². The Morgan fingerprint density at radius 3 is 2.45 bits per heavy atom. The molecule has 0 aliphatic carbocycles. The van der Waals surface area contributed by atoms with Crippen LogP contribution in [0.5, 0.6) is 0 Å². The van der Waals surface area contributed by atoms with E-state index in [9.17, 15) is 13.6 Å². The van der Waals surface area contributed by atoms with Gasteiger partial charge >= 0.3 is 5.97 Å². The van der Waals surface area contributed by atoms with Crippen LogP contribution in [0.15, 0.2) is 46.9 Å². The third-order valence-electron chi connectivity index (χ3n) is 3.40. The van der Waals surface area contributed by atoms with E-state index >= 15 is 0 Å². The molecule has 0 aromatic heterocycles. The van der Waals surface area contributed by atoms with Crippen LogP contribution in [0.1, 0.15) is 11.1 Å². The second-order valence-corrected chi connectivity index (χ2v) is 5.71. The number of halogens is 3. The van der Waals surface area contributed by atoms with Crippen molar-refractivity contribution >= 4 is 21.9 Å². The molecule has 2 aromatic rings. The van der Waals surface area contributed by atoms with Gasteiger partial charge in [-0.15, -0.1) is 0 Å². The molecule has 3 nitrogen and oxygen atoms in total. The van der Waals surface area contributed by atoms with Gasteiger partial charge in [-0.1, -0.05) is 46.3 Å². The van der Waals surface area contributed by atoms with E-state index in [1.807, 2.05) is 0 Å². The minimum absolute atomic E-state index is 0.109. The smallest absolute Gasteiger partial charge is 0.330 e. The minimum Gasteiger partial charge on any atom is -0.467 e. The monoisotopic (exact) mass is 369 g/mol. The van der Waals surface area contributed by atoms with Gasteiger partial charge in [0.05, 0.1) is 7.11 Å². The van der Waals surface area contributed by atoms with Crippen LogP contribution in [0.2, 0.25) is 0 Å². The van der Waals surface area contributed by atoms with E-state index in [0.717, 1.165) is 12.1 Å². The summed E-state index contributed by atoms with van der Waals surface area (Å²) in [7, 11) is 1.21. The van der Waals surface area contributed by atoms with E-state index < -0.39 is 23.1 Å². The Bertz CT molecular complexity index is 671. The highest BCUT2D eigenvalue weighted by atomic mass is 79.9. The first-order chi connectivity index (χ1) is 10.4. The van der Waals surface area contributed by atoms with Gasteiger partial charge in [-0.05, 0) is 11.6 Å². The number of hydrogen-bond donors (Lipinski definition) is 1. The molecule has 0 heterocycles. The van der Waals surface area contributed by atoms with E-state index in [-0.39, 0.29) is 16.5 Å². The molecule has 116 valence electrons. The summed E-state index contributed by atoms with van der Waals surface area (Å²) in [6.45, 7) is 0. The van der Waals surface area contributed by atoms with Crippen LogP contribution in [-0.4, -0.2) is 13.1 Å². The summed E-state index contributed by atoms with van der Waals surface area (Å²) in [4.78, 5) is 12.2. The summed E-state index contributed by atoms with van der Waals surface area (Å²) in [5.74, 6) is -2.19. The summed E-state index contributed by atoms with van der Waals surface area (Å²) in [6.07, 6.45) is -0.170. The Labute approximate surface area is 135 Å². The lowest BCUT2D eigenvalue weighted by molar-refractivity contribution is -0.147. The molecule has 22 heavy (non-hydrogen) atoms. The number of esters is 1. The number of benzene rings is 2. The Kier molecular flexibility index (Phi) is 4.93. The van der Waals surface area contributed by atoms with Gasteiger partial charge in [0.1, 0.15) is 17.2 Å². The number of carbonyl (C=O) groups excluding carboxylic acids is 1. The maximum Gasteiger partial charge on any atom is 0.330 e. The first-order valence-electron chi connectivity index (χ1n) is 6.44. The van der Waals surface area contributed by atoms with Gasteiger partial charge in [-0.3, -0.25) is 0 Å². The van der Waals surface area contributed by atoms with E-state index in [0.29, 0.717) is 5.56 Å². The minimum atomic E-state index is -1.57. The first-order valence-corrected chi connectivity index (χ1v) is 7.24. The summed E-state index contributed by atoms with van der Waals surface area (Å²) >= 11 is 3.11. The molecule has 0 aliphatic heterocycles. The zero-order chi connectivity index (χ0) is 16.3. The molecule has 2 N–H and O–H groups in total. The Balaban J connectivity index is 2.52. The number of hydrogen-bond acceptors (Lipinski definition) is 3. The van der Waals surface area contributed by atoms with Crippen LogP contribution < -0.4 is 5.73 Å². The average molecular weight is 370 g/mol. The molecule has 0 fully saturated rings. The van der Waals surface area contributed by atoms with Gasteiger partial charge < -0.3 is 10.5 Å². The van der Waals surface area contributed by atoms with Gasteiger partial charge in [0.2, 0.25) is 0 Å². The van der Waals surface area contributed by atoms with Crippen LogP contribution in [0.25, 0.3) is 0 Å². The SMILES string of the molecule is COC(=O)C(N)(Cc1c(F)cc(F)cc1Br)c1ccccc1. The van der Waals surface area contributed by atoms with Crippen molar-refractivity contribution in [3.05, 3.63) is 69.7 Å². The van der Waals surface area contributed by atoms with Crippen LogP contribution >= 0.6 is 15.9 Å². The lowest BCUT2D eigenvalue weighted by Gasteiger charge is -2.27. The maximum absolute atomic E-state index is 14.0. The lowest BCUT2D eigenvalue weighted by atomic mass is 9.84. The molecular formula is C16H14BrF2NO2. The highest BCUT2D eigenvalue weighted by Gasteiger charge is 2.38. The van der Waals surface area contributed by atoms with E-state index in [2.05, 4.69) is 15.9 Å². The molecule has 2 aromatic carbocycles. The molecule has 0 aliphatic rings. The molecule has 1 unspecified atom stereocenters. The molecule has 2 rings (SSSR count). The highest BCUT2D eigenvalue weighted by molar-refractivity contribution is 9.10. The quantitative estimate of drug-likeness (QED) is 0.841. The van der Waals surface area contributed by atoms with E-state index in [1.54, 1.807) is 30.3 Å². The van der Waals surface area contributed by atoms with Gasteiger partial charge in [-0.25, -0.2) is 13.6 Å². The summed E-state index contributed by atoms with van der Waals surface area (Å²) in [5.41, 5.74) is 5.25. The van der Waals surface area contributed by atoms with Crippen LogP contribution in [0.4, 0.5) is 8.78 Å². The number of methoxy groups -OCH3 is 1. The summed E-state index contributed by atoms with van der Waals surface area (Å²) in [5, 5.41) is 0. The molecule has 0 radical (unpaired) electrons. The third-order valence-corrected chi connectivity index (χ3v) is 4.11. The van der Waals surface area contributed by atoms with Gasteiger partial charge in [-0.2, -0.15) is 0 Å². The Hall–Kier alpha value is -1.79. The second kappa shape index (κ2) is 6.54. The van der Waals surface area contributed by atoms with E-state index in [4.69, 9.17) is 10.5 Å². The number of ether oxygens (including phenoxy) is 1. The maximum atomic E-state index is 14.0. The third kappa shape index (κ3) is 3.18. The largest absolute Gasteiger partial charge is 0.467 e. The molecule has 0 spiro atoms. The standard InChI is InChI=1S/C16H14BrF2NO2/c1-22-15(21)16(20,10-5-3-2-4-6-10)9-12-13(17)7-11(18)8-14(12)19/h2-8H,9,20H2,1H3. The zero-order valence-electron chi connectivity index (χ0n) is 11.8. The normalized spacial score (nSPS) is 13.5. The van der Waals surface area contributed by atoms with Crippen LogP contribution in [-0.2, 0) is 21.5 Å². The van der Waals surface area contributed by atoms with Crippen molar-refractivity contribution in [3.8, 4) is 0 Å². The van der Waals surface area contributed by atoms with Crippen molar-refractivity contribution in [2.75, 3.05) is 7.11 Å². The molecule has 1 atom stereocenters. The Morgan fingerprint density at radius 2 is 1.91 bits per heavy atom. The fraction of sp³-hybridized carbons (Fsp3) is 0.188. The highest BCUT2D eigenvalue weighted by Crippen LogP contribution is 2.30. The van der Waals surface area contributed by atoms with Crippen molar-refractivity contribution in [3.63, 3.8) is 0 Å². The van der Waals surface area contributed by atoms with Crippen molar-refractivity contribution in [2.45, 2.75) is 12.0 Å². The molecule has 6 heteroatoms. The van der Waals surface area contributed by atoms with Crippen molar-refractivity contribution in [1.29, 1.82) is 0 Å². The van der Waals surface area contributed by atoms with Crippen LogP contribution in [0, 0.1) is 11.6 Å². The molecule has 0 saturated carbocycles. The van der Waals surface area contributed by atoms with Crippen molar-refractivity contribution < 1.29 is 18.3 Å². The van der Waals surface area contributed by atoms with E-state index in [1.165, 1.54) is 7.11 Å².